The average Bonchev–Trinajstić information content (AvgIpc) is 2.99. The molecule has 1 aromatic heterocycles. The number of carbonyl (C=O) groups excluding carboxylic acids is 1. The number of rotatable bonds is 4. The number of benzene rings is 1. The van der Waals surface area contributed by atoms with Gasteiger partial charge in [-0.2, -0.15) is 0 Å². The second-order valence-electron chi connectivity index (χ2n) is 7.59. The molecule has 2 heterocycles. The van der Waals surface area contributed by atoms with Crippen LogP contribution in [0.3, 0.4) is 0 Å². The SMILES string of the molecule is O=C(O)[C@H]1CC[C@H](C(=O)Nc2ccc(-c3nc4c(o3)CCNCC4)cc2)CC1. The summed E-state index contributed by atoms with van der Waals surface area (Å²) in [6.07, 6.45) is 4.10. The summed E-state index contributed by atoms with van der Waals surface area (Å²) in [5.74, 6) is 0.355. The molecule has 0 radical (unpaired) electrons. The van der Waals surface area contributed by atoms with E-state index in [9.17, 15) is 9.59 Å². The van der Waals surface area contributed by atoms with Gasteiger partial charge in [0.2, 0.25) is 11.8 Å². The number of aliphatic carboxylic acids is 1. The Kier molecular flexibility index (Phi) is 5.43. The molecule has 0 spiro atoms. The van der Waals surface area contributed by atoms with E-state index in [2.05, 4.69) is 15.6 Å². The second kappa shape index (κ2) is 8.14. The molecule has 0 atom stereocenters. The third-order valence-electron chi connectivity index (χ3n) is 5.69. The van der Waals surface area contributed by atoms with Gasteiger partial charge >= 0.3 is 5.97 Å². The van der Waals surface area contributed by atoms with E-state index in [-0.39, 0.29) is 17.7 Å². The van der Waals surface area contributed by atoms with Crippen LogP contribution in [0.2, 0.25) is 0 Å². The summed E-state index contributed by atoms with van der Waals surface area (Å²) in [5, 5.41) is 15.3. The van der Waals surface area contributed by atoms with E-state index in [0.29, 0.717) is 31.6 Å². The number of carboxylic acid groups (broad SMARTS) is 1. The van der Waals surface area contributed by atoms with E-state index in [1.165, 1.54) is 0 Å². The largest absolute Gasteiger partial charge is 0.481 e. The van der Waals surface area contributed by atoms with Crippen LogP contribution in [0.5, 0.6) is 0 Å². The molecule has 1 fully saturated rings. The van der Waals surface area contributed by atoms with Crippen LogP contribution in [0.15, 0.2) is 28.7 Å². The van der Waals surface area contributed by atoms with Gasteiger partial charge in [0.25, 0.3) is 0 Å². The third kappa shape index (κ3) is 4.09. The minimum atomic E-state index is -0.755. The van der Waals surface area contributed by atoms with Crippen LogP contribution < -0.4 is 10.6 Å². The highest BCUT2D eigenvalue weighted by molar-refractivity contribution is 5.92. The summed E-state index contributed by atoms with van der Waals surface area (Å²) < 4.78 is 5.93. The quantitative estimate of drug-likeness (QED) is 0.750. The van der Waals surface area contributed by atoms with Gasteiger partial charge in [0.05, 0.1) is 11.6 Å². The Morgan fingerprint density at radius 2 is 1.71 bits per heavy atom. The Bertz CT molecular complexity index is 828. The van der Waals surface area contributed by atoms with E-state index < -0.39 is 5.97 Å². The van der Waals surface area contributed by atoms with E-state index >= 15 is 0 Å². The normalized spacial score (nSPS) is 22.1. The lowest BCUT2D eigenvalue weighted by molar-refractivity contribution is -0.143. The second-order valence-corrected chi connectivity index (χ2v) is 7.59. The lowest BCUT2D eigenvalue weighted by atomic mass is 9.81. The smallest absolute Gasteiger partial charge is 0.306 e. The summed E-state index contributed by atoms with van der Waals surface area (Å²) >= 11 is 0. The molecule has 7 nitrogen and oxygen atoms in total. The summed E-state index contributed by atoms with van der Waals surface area (Å²) in [6.45, 7) is 1.82. The Balaban J connectivity index is 1.37. The van der Waals surface area contributed by atoms with Crippen molar-refractivity contribution in [1.29, 1.82) is 0 Å². The number of amides is 1. The van der Waals surface area contributed by atoms with Crippen LogP contribution in [-0.2, 0) is 22.4 Å². The summed E-state index contributed by atoms with van der Waals surface area (Å²) in [4.78, 5) is 28.1. The molecule has 1 aromatic carbocycles. The van der Waals surface area contributed by atoms with Gasteiger partial charge in [-0.25, -0.2) is 4.98 Å². The van der Waals surface area contributed by atoms with Crippen molar-refractivity contribution in [3.8, 4) is 11.5 Å². The number of carboxylic acids is 1. The summed E-state index contributed by atoms with van der Waals surface area (Å²) in [5.41, 5.74) is 2.64. The third-order valence-corrected chi connectivity index (χ3v) is 5.69. The lowest BCUT2D eigenvalue weighted by Crippen LogP contribution is -2.29. The highest BCUT2D eigenvalue weighted by Gasteiger charge is 2.29. The molecular formula is C21H25N3O4. The van der Waals surface area contributed by atoms with Crippen molar-refractivity contribution < 1.29 is 19.1 Å². The van der Waals surface area contributed by atoms with Gasteiger partial charge in [-0.1, -0.05) is 0 Å². The van der Waals surface area contributed by atoms with Crippen molar-refractivity contribution in [2.45, 2.75) is 38.5 Å². The molecule has 2 aliphatic rings. The predicted molar refractivity (Wildman–Crippen MR) is 104 cm³/mol. The molecule has 3 N–H and O–H groups in total. The summed E-state index contributed by atoms with van der Waals surface area (Å²) in [7, 11) is 0. The monoisotopic (exact) mass is 383 g/mol. The van der Waals surface area contributed by atoms with Crippen molar-refractivity contribution in [2.75, 3.05) is 18.4 Å². The first kappa shape index (κ1) is 18.7. The van der Waals surface area contributed by atoms with Gasteiger partial charge in [-0.3, -0.25) is 9.59 Å². The Morgan fingerprint density at radius 3 is 2.43 bits per heavy atom. The van der Waals surface area contributed by atoms with Gasteiger partial charge in [0.1, 0.15) is 5.76 Å². The van der Waals surface area contributed by atoms with E-state index in [0.717, 1.165) is 48.6 Å². The Morgan fingerprint density at radius 1 is 1.04 bits per heavy atom. The number of anilines is 1. The summed E-state index contributed by atoms with van der Waals surface area (Å²) in [6, 6.07) is 7.51. The van der Waals surface area contributed by atoms with Crippen molar-refractivity contribution in [3.63, 3.8) is 0 Å². The minimum absolute atomic E-state index is 0.0353. The van der Waals surface area contributed by atoms with E-state index in [4.69, 9.17) is 9.52 Å². The van der Waals surface area contributed by atoms with Gasteiger partial charge in [-0.15, -0.1) is 0 Å². The molecule has 0 unspecified atom stereocenters. The number of oxazole rings is 1. The molecule has 1 aliphatic carbocycles. The lowest BCUT2D eigenvalue weighted by Gasteiger charge is -2.25. The standard InChI is InChI=1S/C21H25N3O4/c25-19(13-1-3-15(4-2-13)21(26)27)23-16-7-5-14(6-8-16)20-24-17-9-11-22-12-10-18(17)28-20/h5-8,13,15,22H,1-4,9-12H2,(H,23,25)(H,26,27)/t13-,15-. The van der Waals surface area contributed by atoms with Gasteiger partial charge < -0.3 is 20.2 Å². The number of carbonyl (C=O) groups is 2. The molecule has 0 saturated heterocycles. The first-order valence-corrected chi connectivity index (χ1v) is 9.93. The van der Waals surface area contributed by atoms with Crippen LogP contribution in [-0.4, -0.2) is 35.1 Å². The minimum Gasteiger partial charge on any atom is -0.481 e. The Labute approximate surface area is 163 Å². The fourth-order valence-electron chi connectivity index (χ4n) is 3.97. The topological polar surface area (TPSA) is 104 Å². The van der Waals surface area contributed by atoms with E-state index in [1.807, 2.05) is 24.3 Å². The van der Waals surface area contributed by atoms with E-state index in [1.54, 1.807) is 0 Å². The molecule has 7 heteroatoms. The van der Waals surface area contributed by atoms with Crippen LogP contribution in [0.4, 0.5) is 5.69 Å². The maximum Gasteiger partial charge on any atom is 0.306 e. The highest BCUT2D eigenvalue weighted by atomic mass is 16.4. The van der Waals surface area contributed by atoms with Crippen LogP contribution in [0.25, 0.3) is 11.5 Å². The first-order valence-electron chi connectivity index (χ1n) is 9.93. The number of nitrogens with zero attached hydrogens (tertiary/aromatic N) is 1. The van der Waals surface area contributed by atoms with Gasteiger partial charge in [-0.05, 0) is 49.9 Å². The van der Waals surface area contributed by atoms with Crippen LogP contribution in [0.1, 0.15) is 37.1 Å². The molecule has 1 amide bonds. The average molecular weight is 383 g/mol. The molecule has 4 rings (SSSR count). The van der Waals surface area contributed by atoms with Crippen molar-refractivity contribution >= 4 is 17.6 Å². The Hall–Kier alpha value is -2.67. The fourth-order valence-corrected chi connectivity index (χ4v) is 3.97. The predicted octanol–water partition coefficient (Wildman–Crippen LogP) is 2.86. The molecular weight excluding hydrogens is 358 g/mol. The van der Waals surface area contributed by atoms with Crippen LogP contribution in [0, 0.1) is 11.8 Å². The van der Waals surface area contributed by atoms with Gasteiger partial charge in [0.15, 0.2) is 0 Å². The number of fused-ring (bicyclic) bond motifs is 1. The maximum absolute atomic E-state index is 12.5. The zero-order valence-corrected chi connectivity index (χ0v) is 15.7. The number of aromatic nitrogens is 1. The first-order chi connectivity index (χ1) is 13.6. The zero-order valence-electron chi connectivity index (χ0n) is 15.7. The number of nitrogens with one attached hydrogen (secondary N) is 2. The number of hydrogen-bond donors (Lipinski definition) is 3. The molecule has 2 aromatic rings. The molecule has 1 aliphatic heterocycles. The molecule has 28 heavy (non-hydrogen) atoms. The van der Waals surface area contributed by atoms with Crippen LogP contribution >= 0.6 is 0 Å². The maximum atomic E-state index is 12.5. The van der Waals surface area contributed by atoms with Gasteiger partial charge in [0, 0.05) is 43.1 Å². The highest BCUT2D eigenvalue weighted by Crippen LogP contribution is 2.30. The zero-order chi connectivity index (χ0) is 19.5. The fraction of sp³-hybridized carbons (Fsp3) is 0.476. The molecule has 1 saturated carbocycles. The molecule has 0 bridgehead atoms. The van der Waals surface area contributed by atoms with Crippen molar-refractivity contribution in [1.82, 2.24) is 10.3 Å². The van der Waals surface area contributed by atoms with Crippen molar-refractivity contribution in [2.24, 2.45) is 11.8 Å². The number of hydrogen-bond acceptors (Lipinski definition) is 5. The van der Waals surface area contributed by atoms with Crippen molar-refractivity contribution in [3.05, 3.63) is 35.7 Å². The molecule has 148 valence electrons.